The second-order valence-electron chi connectivity index (χ2n) is 5.35. The molecule has 1 rings (SSSR count). The second-order valence-corrected chi connectivity index (χ2v) is 5.35. The summed E-state index contributed by atoms with van der Waals surface area (Å²) in [6.07, 6.45) is 2.09. The van der Waals surface area contributed by atoms with E-state index in [1.165, 1.54) is 18.3 Å². The van der Waals surface area contributed by atoms with Crippen molar-refractivity contribution >= 4 is 11.9 Å². The van der Waals surface area contributed by atoms with Crippen LogP contribution >= 0.6 is 0 Å². The molecule has 0 saturated carbocycles. The van der Waals surface area contributed by atoms with Gasteiger partial charge in [0.25, 0.3) is 5.91 Å². The van der Waals surface area contributed by atoms with E-state index in [1.807, 2.05) is 19.9 Å². The molecule has 0 radical (unpaired) electrons. The van der Waals surface area contributed by atoms with Crippen LogP contribution in [0.5, 0.6) is 0 Å². The molecule has 0 spiro atoms. The number of carboxylic acid groups (broad SMARTS) is 1. The average molecular weight is 289 g/mol. The predicted molar refractivity (Wildman–Crippen MR) is 76.5 cm³/mol. The van der Waals surface area contributed by atoms with Crippen LogP contribution in [0.3, 0.4) is 0 Å². The number of pyridine rings is 1. The van der Waals surface area contributed by atoms with Crippen LogP contribution in [0.2, 0.25) is 0 Å². The summed E-state index contributed by atoms with van der Waals surface area (Å²) in [6.45, 7) is 4.32. The highest BCUT2D eigenvalue weighted by atomic mass is 16.4. The number of nitrogens with one attached hydrogen (secondary N) is 1. The molecule has 1 atom stereocenters. The molecule has 0 unspecified atom stereocenters. The van der Waals surface area contributed by atoms with Gasteiger partial charge in [0.15, 0.2) is 0 Å². The highest BCUT2D eigenvalue weighted by molar-refractivity contribution is 5.92. The molecule has 21 heavy (non-hydrogen) atoms. The van der Waals surface area contributed by atoms with Crippen molar-refractivity contribution in [1.29, 1.82) is 5.26 Å². The lowest BCUT2D eigenvalue weighted by Gasteiger charge is -2.17. The van der Waals surface area contributed by atoms with Crippen molar-refractivity contribution in [3.8, 4) is 6.07 Å². The molecule has 1 heterocycles. The maximum atomic E-state index is 11.9. The molecule has 0 aromatic carbocycles. The lowest BCUT2D eigenvalue weighted by atomic mass is 9.94. The molecular formula is C15H19N3O3. The van der Waals surface area contributed by atoms with Crippen molar-refractivity contribution in [3.63, 3.8) is 0 Å². The number of aliphatic carboxylic acids is 1. The Bertz CT molecular complexity index is 532. The van der Waals surface area contributed by atoms with E-state index >= 15 is 0 Å². The summed E-state index contributed by atoms with van der Waals surface area (Å²) in [5, 5.41) is 20.2. The summed E-state index contributed by atoms with van der Waals surface area (Å²) in [6, 6.07) is 4.92. The minimum absolute atomic E-state index is 0.0270. The summed E-state index contributed by atoms with van der Waals surface area (Å²) in [5.41, 5.74) is 0.600. The molecule has 0 bridgehead atoms. The Morgan fingerprint density at radius 1 is 1.43 bits per heavy atom. The quantitative estimate of drug-likeness (QED) is 0.797. The van der Waals surface area contributed by atoms with Crippen LogP contribution in [0.1, 0.15) is 42.7 Å². The van der Waals surface area contributed by atoms with Gasteiger partial charge < -0.3 is 10.4 Å². The number of nitrogens with zero attached hydrogens (tertiary/aromatic N) is 2. The third kappa shape index (κ3) is 6.04. The SMILES string of the molecule is CC(C)C[C@H](CNC(=O)c1ccc(C#N)cn1)CC(=O)O. The molecule has 6 nitrogen and oxygen atoms in total. The van der Waals surface area contributed by atoms with Gasteiger partial charge in [-0.3, -0.25) is 9.59 Å². The van der Waals surface area contributed by atoms with E-state index in [0.29, 0.717) is 18.0 Å². The maximum Gasteiger partial charge on any atom is 0.303 e. The molecule has 112 valence electrons. The van der Waals surface area contributed by atoms with Crippen LogP contribution < -0.4 is 5.32 Å². The number of carbonyl (C=O) groups is 2. The van der Waals surface area contributed by atoms with Crippen molar-refractivity contribution in [2.24, 2.45) is 11.8 Å². The van der Waals surface area contributed by atoms with Crippen LogP contribution in [0.15, 0.2) is 18.3 Å². The van der Waals surface area contributed by atoms with Crippen LogP contribution in [-0.2, 0) is 4.79 Å². The molecule has 0 fully saturated rings. The van der Waals surface area contributed by atoms with Crippen LogP contribution in [0.4, 0.5) is 0 Å². The van der Waals surface area contributed by atoms with E-state index in [0.717, 1.165) is 6.42 Å². The van der Waals surface area contributed by atoms with Crippen molar-refractivity contribution in [2.45, 2.75) is 26.7 Å². The van der Waals surface area contributed by atoms with Gasteiger partial charge in [0, 0.05) is 19.2 Å². The Labute approximate surface area is 123 Å². The lowest BCUT2D eigenvalue weighted by molar-refractivity contribution is -0.138. The van der Waals surface area contributed by atoms with Gasteiger partial charge in [-0.25, -0.2) is 4.98 Å². The Morgan fingerprint density at radius 2 is 2.14 bits per heavy atom. The number of rotatable bonds is 7. The van der Waals surface area contributed by atoms with Crippen molar-refractivity contribution in [1.82, 2.24) is 10.3 Å². The first kappa shape index (κ1) is 16.6. The Hall–Kier alpha value is -2.42. The molecule has 1 amide bonds. The smallest absolute Gasteiger partial charge is 0.303 e. The molecule has 0 saturated heterocycles. The first-order valence-electron chi connectivity index (χ1n) is 6.78. The van der Waals surface area contributed by atoms with Gasteiger partial charge in [-0.2, -0.15) is 5.26 Å². The average Bonchev–Trinajstić information content (AvgIpc) is 2.43. The number of carboxylic acids is 1. The number of carbonyl (C=O) groups excluding carboxylic acids is 1. The van der Waals surface area contributed by atoms with Gasteiger partial charge in [-0.05, 0) is 30.4 Å². The van der Waals surface area contributed by atoms with Gasteiger partial charge in [0.2, 0.25) is 0 Å². The molecule has 0 aliphatic rings. The van der Waals surface area contributed by atoms with Crippen molar-refractivity contribution < 1.29 is 14.7 Å². The highest BCUT2D eigenvalue weighted by Gasteiger charge is 2.17. The van der Waals surface area contributed by atoms with Gasteiger partial charge in [-0.1, -0.05) is 13.8 Å². The first-order valence-corrected chi connectivity index (χ1v) is 6.78. The van der Waals surface area contributed by atoms with Gasteiger partial charge in [0.05, 0.1) is 5.56 Å². The zero-order valence-electron chi connectivity index (χ0n) is 12.2. The van der Waals surface area contributed by atoms with Gasteiger partial charge in [0.1, 0.15) is 11.8 Å². The number of hydrogen-bond donors (Lipinski definition) is 2. The van der Waals surface area contributed by atoms with E-state index in [4.69, 9.17) is 10.4 Å². The normalized spacial score (nSPS) is 11.7. The van der Waals surface area contributed by atoms with Gasteiger partial charge >= 0.3 is 5.97 Å². The number of amides is 1. The van der Waals surface area contributed by atoms with E-state index in [9.17, 15) is 9.59 Å². The minimum atomic E-state index is -0.869. The molecular weight excluding hydrogens is 270 g/mol. The number of aromatic nitrogens is 1. The van der Waals surface area contributed by atoms with E-state index in [-0.39, 0.29) is 23.9 Å². The monoisotopic (exact) mass is 289 g/mol. The number of hydrogen-bond acceptors (Lipinski definition) is 4. The second kappa shape index (κ2) is 8.00. The zero-order chi connectivity index (χ0) is 15.8. The summed E-state index contributed by atoms with van der Waals surface area (Å²) < 4.78 is 0. The highest BCUT2D eigenvalue weighted by Crippen LogP contribution is 2.15. The maximum absolute atomic E-state index is 11.9. The molecule has 6 heteroatoms. The Balaban J connectivity index is 2.59. The fourth-order valence-corrected chi connectivity index (χ4v) is 2.07. The molecule has 1 aromatic heterocycles. The molecule has 0 aliphatic heterocycles. The lowest BCUT2D eigenvalue weighted by Crippen LogP contribution is -2.31. The Morgan fingerprint density at radius 3 is 2.62 bits per heavy atom. The van der Waals surface area contributed by atoms with E-state index in [1.54, 1.807) is 0 Å². The third-order valence-corrected chi connectivity index (χ3v) is 2.94. The summed E-state index contributed by atoms with van der Waals surface area (Å²) >= 11 is 0. The predicted octanol–water partition coefficient (Wildman–Crippen LogP) is 1.82. The van der Waals surface area contributed by atoms with E-state index in [2.05, 4.69) is 10.3 Å². The third-order valence-electron chi connectivity index (χ3n) is 2.94. The number of nitriles is 1. The fourth-order valence-electron chi connectivity index (χ4n) is 2.07. The largest absolute Gasteiger partial charge is 0.481 e. The zero-order valence-corrected chi connectivity index (χ0v) is 12.2. The van der Waals surface area contributed by atoms with Crippen LogP contribution in [0, 0.1) is 23.2 Å². The standard InChI is InChI=1S/C15H19N3O3/c1-10(2)5-12(6-14(19)20)9-18-15(21)13-4-3-11(7-16)8-17-13/h3-4,8,10,12H,5-6,9H2,1-2H3,(H,18,21)(H,19,20)/t12-/m0/s1. The van der Waals surface area contributed by atoms with E-state index < -0.39 is 5.97 Å². The summed E-state index contributed by atoms with van der Waals surface area (Å²) in [4.78, 5) is 26.6. The summed E-state index contributed by atoms with van der Waals surface area (Å²) in [5.74, 6) is -0.978. The van der Waals surface area contributed by atoms with Crippen molar-refractivity contribution in [2.75, 3.05) is 6.54 Å². The molecule has 1 aromatic rings. The Kier molecular flexibility index (Phi) is 6.34. The van der Waals surface area contributed by atoms with Gasteiger partial charge in [-0.15, -0.1) is 0 Å². The van der Waals surface area contributed by atoms with Crippen LogP contribution in [-0.4, -0.2) is 28.5 Å². The summed E-state index contributed by atoms with van der Waals surface area (Å²) in [7, 11) is 0. The fraction of sp³-hybridized carbons (Fsp3) is 0.467. The van der Waals surface area contributed by atoms with Crippen LogP contribution in [0.25, 0.3) is 0 Å². The first-order chi connectivity index (χ1) is 9.92. The topological polar surface area (TPSA) is 103 Å². The molecule has 2 N–H and O–H groups in total. The molecule has 0 aliphatic carbocycles. The minimum Gasteiger partial charge on any atom is -0.481 e. The van der Waals surface area contributed by atoms with Crippen molar-refractivity contribution in [3.05, 3.63) is 29.6 Å².